The number of rotatable bonds is 7. The van der Waals surface area contributed by atoms with Crippen LogP contribution in [0.3, 0.4) is 0 Å². The van der Waals surface area contributed by atoms with Crippen LogP contribution in [0.25, 0.3) is 11.3 Å². The number of nitrogens with one attached hydrogen (secondary N) is 2. The molecule has 0 atom stereocenters. The summed E-state index contributed by atoms with van der Waals surface area (Å²) in [6.45, 7) is 3.96. The number of fused-ring (bicyclic) bond motifs is 1. The van der Waals surface area contributed by atoms with E-state index in [-0.39, 0.29) is 28.7 Å². The lowest BCUT2D eigenvalue weighted by atomic mass is 9.98. The van der Waals surface area contributed by atoms with E-state index in [0.717, 1.165) is 31.9 Å². The van der Waals surface area contributed by atoms with Crippen molar-refractivity contribution in [2.75, 3.05) is 62.4 Å². The Labute approximate surface area is 232 Å². The van der Waals surface area contributed by atoms with E-state index in [0.29, 0.717) is 34.7 Å². The molecule has 10 nitrogen and oxygen atoms in total. The fourth-order valence-corrected chi connectivity index (χ4v) is 4.82. The summed E-state index contributed by atoms with van der Waals surface area (Å²) in [5, 5.41) is 25.4. The maximum Gasteiger partial charge on any atom is 0.335 e. The van der Waals surface area contributed by atoms with Crippen molar-refractivity contribution in [2.24, 2.45) is 0 Å². The lowest BCUT2D eigenvalue weighted by Gasteiger charge is -2.32. The number of amides is 2. The highest BCUT2D eigenvalue weighted by Gasteiger charge is 2.29. The monoisotopic (exact) mass is 541 g/mol. The Morgan fingerprint density at radius 3 is 2.25 bits per heavy atom. The Bertz CT molecular complexity index is 1480. The number of piperazine rings is 1. The lowest BCUT2D eigenvalue weighted by Crippen LogP contribution is -2.48. The summed E-state index contributed by atoms with van der Waals surface area (Å²) in [5.41, 5.74) is 3.79. The Kier molecular flexibility index (Phi) is 7.54. The number of benzene rings is 3. The Morgan fingerprint density at radius 2 is 1.60 bits per heavy atom. The molecule has 0 aliphatic carbocycles. The van der Waals surface area contributed by atoms with Crippen LogP contribution < -0.4 is 15.5 Å². The van der Waals surface area contributed by atoms with Crippen LogP contribution in [0.2, 0.25) is 0 Å². The molecule has 2 aliphatic rings. The second kappa shape index (κ2) is 11.2. The number of carbonyl (C=O) groups excluding carboxylic acids is 2. The smallest absolute Gasteiger partial charge is 0.335 e. The van der Waals surface area contributed by atoms with Gasteiger partial charge in [-0.3, -0.25) is 14.5 Å². The third-order valence-electron chi connectivity index (χ3n) is 7.27. The van der Waals surface area contributed by atoms with E-state index in [1.807, 2.05) is 24.3 Å². The van der Waals surface area contributed by atoms with E-state index >= 15 is 0 Å². The van der Waals surface area contributed by atoms with Crippen molar-refractivity contribution < 1.29 is 24.6 Å². The SMILES string of the molecule is CN1CCN(CC(=O)N(C)c2ccc(NC(=C3C(=O)Nc4ccc(C(=O)O)cc43)c3ccc(O)cc3)cc2)CC1. The van der Waals surface area contributed by atoms with Gasteiger partial charge >= 0.3 is 5.97 Å². The van der Waals surface area contributed by atoms with Gasteiger partial charge in [0.2, 0.25) is 5.91 Å². The molecule has 1 fully saturated rings. The van der Waals surface area contributed by atoms with Crippen molar-refractivity contribution in [2.45, 2.75) is 0 Å². The molecule has 0 saturated carbocycles. The second-order valence-electron chi connectivity index (χ2n) is 10.0. The maximum absolute atomic E-state index is 13.1. The number of aromatic hydroxyl groups is 1. The van der Waals surface area contributed by atoms with Gasteiger partial charge in [0.25, 0.3) is 5.91 Å². The summed E-state index contributed by atoms with van der Waals surface area (Å²) in [7, 11) is 3.83. The molecule has 1 saturated heterocycles. The molecule has 0 aromatic heterocycles. The van der Waals surface area contributed by atoms with Gasteiger partial charge in [-0.1, -0.05) is 0 Å². The van der Waals surface area contributed by atoms with E-state index in [4.69, 9.17) is 0 Å². The van der Waals surface area contributed by atoms with Crippen LogP contribution in [0, 0.1) is 0 Å². The van der Waals surface area contributed by atoms with Crippen LogP contribution in [0.1, 0.15) is 21.5 Å². The predicted molar refractivity (Wildman–Crippen MR) is 154 cm³/mol. The molecule has 3 aromatic carbocycles. The Balaban J connectivity index is 1.43. The molecule has 2 heterocycles. The number of carboxylic acid groups (broad SMARTS) is 1. The van der Waals surface area contributed by atoms with Gasteiger partial charge < -0.3 is 30.6 Å². The minimum atomic E-state index is -1.09. The van der Waals surface area contributed by atoms with Crippen molar-refractivity contribution >= 4 is 46.1 Å². The fourth-order valence-electron chi connectivity index (χ4n) is 4.82. The number of carbonyl (C=O) groups is 3. The van der Waals surface area contributed by atoms with Gasteiger partial charge in [0.05, 0.1) is 23.4 Å². The first kappa shape index (κ1) is 26.9. The van der Waals surface area contributed by atoms with Gasteiger partial charge in [0.1, 0.15) is 5.75 Å². The zero-order chi connectivity index (χ0) is 28.4. The summed E-state index contributed by atoms with van der Waals surface area (Å²) in [5.74, 6) is -1.39. The third kappa shape index (κ3) is 5.68. The summed E-state index contributed by atoms with van der Waals surface area (Å²) in [6.07, 6.45) is 0. The quantitative estimate of drug-likeness (QED) is 0.336. The molecule has 0 unspecified atom stereocenters. The molecule has 0 spiro atoms. The van der Waals surface area contributed by atoms with Gasteiger partial charge in [-0.25, -0.2) is 4.79 Å². The number of hydrogen-bond donors (Lipinski definition) is 4. The summed E-state index contributed by atoms with van der Waals surface area (Å²) in [4.78, 5) is 43.7. The number of nitrogens with zero attached hydrogens (tertiary/aromatic N) is 3. The topological polar surface area (TPSA) is 125 Å². The first-order valence-corrected chi connectivity index (χ1v) is 13.0. The minimum absolute atomic E-state index is 0.00521. The van der Waals surface area contributed by atoms with Gasteiger partial charge in [-0.2, -0.15) is 0 Å². The summed E-state index contributed by atoms with van der Waals surface area (Å²) >= 11 is 0. The molecule has 4 N–H and O–H groups in total. The van der Waals surface area contributed by atoms with Crippen molar-refractivity contribution in [1.82, 2.24) is 9.80 Å². The molecule has 0 radical (unpaired) electrons. The van der Waals surface area contributed by atoms with Gasteiger partial charge in [0, 0.05) is 55.9 Å². The molecule has 3 aromatic rings. The number of carboxylic acids is 1. The molecule has 10 heteroatoms. The number of phenolic OH excluding ortho intramolecular Hbond substituents is 1. The molecular formula is C30H31N5O5. The normalized spacial score (nSPS) is 16.7. The van der Waals surface area contributed by atoms with Crippen LogP contribution in [-0.4, -0.2) is 84.6 Å². The molecule has 2 aliphatic heterocycles. The first-order chi connectivity index (χ1) is 19.2. The summed E-state index contributed by atoms with van der Waals surface area (Å²) in [6, 6.07) is 18.2. The predicted octanol–water partition coefficient (Wildman–Crippen LogP) is 3.23. The van der Waals surface area contributed by atoms with Crippen LogP contribution in [0.15, 0.2) is 66.7 Å². The van der Waals surface area contributed by atoms with Crippen molar-refractivity contribution in [1.29, 1.82) is 0 Å². The van der Waals surface area contributed by atoms with E-state index in [1.165, 1.54) is 24.3 Å². The van der Waals surface area contributed by atoms with Gasteiger partial charge in [0.15, 0.2) is 0 Å². The zero-order valence-corrected chi connectivity index (χ0v) is 22.3. The van der Waals surface area contributed by atoms with E-state index in [2.05, 4.69) is 27.5 Å². The van der Waals surface area contributed by atoms with Crippen LogP contribution in [-0.2, 0) is 9.59 Å². The minimum Gasteiger partial charge on any atom is -0.508 e. The van der Waals surface area contributed by atoms with Crippen molar-refractivity contribution in [3.05, 3.63) is 83.4 Å². The molecular weight excluding hydrogens is 510 g/mol. The molecule has 2 amide bonds. The standard InChI is InChI=1S/C30H31N5O5/c1-33-13-15-35(16-14-33)18-26(37)34(2)22-8-6-21(7-9-22)31-28(19-3-10-23(36)11-4-19)27-24-17-20(30(39)40)5-12-25(24)32-29(27)38/h3-12,17,31,36H,13-16,18H2,1-2H3,(H,32,38)(H,39,40). The Hall–Kier alpha value is -4.67. The second-order valence-corrected chi connectivity index (χ2v) is 10.0. The van der Waals surface area contributed by atoms with E-state index < -0.39 is 5.97 Å². The summed E-state index contributed by atoms with van der Waals surface area (Å²) < 4.78 is 0. The third-order valence-corrected chi connectivity index (χ3v) is 7.27. The highest BCUT2D eigenvalue weighted by molar-refractivity contribution is 6.37. The van der Waals surface area contributed by atoms with E-state index in [9.17, 15) is 24.6 Å². The number of anilines is 3. The highest BCUT2D eigenvalue weighted by atomic mass is 16.4. The number of aromatic carboxylic acids is 1. The Morgan fingerprint density at radius 1 is 0.950 bits per heavy atom. The molecule has 206 valence electrons. The van der Waals surface area contributed by atoms with Gasteiger partial charge in [-0.05, 0) is 79.3 Å². The lowest BCUT2D eigenvalue weighted by molar-refractivity contribution is -0.119. The van der Waals surface area contributed by atoms with Crippen molar-refractivity contribution in [3.8, 4) is 5.75 Å². The average Bonchev–Trinajstić information content (AvgIpc) is 3.28. The van der Waals surface area contributed by atoms with Crippen LogP contribution in [0.5, 0.6) is 5.75 Å². The first-order valence-electron chi connectivity index (χ1n) is 13.0. The number of likely N-dealkylation sites (N-methyl/N-ethyl adjacent to an activating group) is 2. The van der Waals surface area contributed by atoms with Crippen LogP contribution in [0.4, 0.5) is 17.1 Å². The fraction of sp³-hybridized carbons (Fsp3) is 0.233. The van der Waals surface area contributed by atoms with Crippen molar-refractivity contribution in [3.63, 3.8) is 0 Å². The number of phenols is 1. The molecule has 0 bridgehead atoms. The maximum atomic E-state index is 13.1. The highest BCUT2D eigenvalue weighted by Crippen LogP contribution is 2.38. The number of hydrogen-bond acceptors (Lipinski definition) is 7. The van der Waals surface area contributed by atoms with E-state index in [1.54, 1.807) is 30.1 Å². The average molecular weight is 542 g/mol. The van der Waals surface area contributed by atoms with Crippen LogP contribution >= 0.6 is 0 Å². The molecule has 40 heavy (non-hydrogen) atoms. The zero-order valence-electron chi connectivity index (χ0n) is 22.3. The largest absolute Gasteiger partial charge is 0.508 e. The van der Waals surface area contributed by atoms with Gasteiger partial charge in [-0.15, -0.1) is 0 Å². The molecule has 5 rings (SSSR count).